The van der Waals surface area contributed by atoms with Gasteiger partial charge < -0.3 is 55.3 Å². The maximum atomic E-state index is 11.1. The van der Waals surface area contributed by atoms with Crippen LogP contribution >= 0.6 is 0 Å². The molecule has 0 aromatic carbocycles. The molecule has 0 aliphatic heterocycles. The third-order valence-corrected chi connectivity index (χ3v) is 7.24. The number of likely N-dealkylation sites (N-methyl/N-ethyl adjacent to an activating group) is 2. The first-order valence-corrected chi connectivity index (χ1v) is 16.7. The van der Waals surface area contributed by atoms with E-state index in [1.54, 1.807) is 0 Å². The molecule has 0 saturated carbocycles. The summed E-state index contributed by atoms with van der Waals surface area (Å²) >= 11 is 0. The van der Waals surface area contributed by atoms with Gasteiger partial charge in [0.25, 0.3) is 0 Å². The zero-order valence-corrected chi connectivity index (χ0v) is 26.9. The van der Waals surface area contributed by atoms with E-state index < -0.39 is 21.1 Å². The molecule has 8 N–H and O–H groups in total. The molecule has 0 saturated heterocycles. The normalized spacial score (nSPS) is 13.3. The number of ether oxygens (including phenoxy) is 2. The van der Waals surface area contributed by atoms with E-state index in [9.17, 15) is 14.7 Å². The summed E-state index contributed by atoms with van der Waals surface area (Å²) in [5.41, 5.74) is 0. The Labute approximate surface area is 249 Å². The standard InChI is InChI=1S/C26H61N7O7Si/c1-4-18-38-23-25(34)21-30-10-14-32(12-8-28-3)16-17-33(13-9-29-7-6-27-2)15-11-31-22-26(35)24-39-19-5-20-41(37)40-36/h25-31,34-36H,4-24H2,1-3H3. The first-order valence-electron chi connectivity index (χ1n) is 15.2. The van der Waals surface area contributed by atoms with Crippen LogP contribution in [0.1, 0.15) is 19.8 Å². The molecular weight excluding hydrogens is 550 g/mol. The summed E-state index contributed by atoms with van der Waals surface area (Å²) in [6, 6.07) is 0.260. The Kier molecular flexibility index (Phi) is 30.3. The number of hydrogen-bond donors (Lipinski definition) is 8. The van der Waals surface area contributed by atoms with Gasteiger partial charge in [-0.2, -0.15) is 0 Å². The topological polar surface area (TPSA) is 172 Å². The van der Waals surface area contributed by atoms with E-state index in [4.69, 9.17) is 14.7 Å². The molecule has 0 spiro atoms. The van der Waals surface area contributed by atoms with Crippen molar-refractivity contribution in [3.05, 3.63) is 0 Å². The molecule has 0 aliphatic carbocycles. The van der Waals surface area contributed by atoms with Crippen molar-refractivity contribution < 1.29 is 34.0 Å². The number of hydrogen-bond acceptors (Lipinski definition) is 14. The van der Waals surface area contributed by atoms with Gasteiger partial charge in [0.1, 0.15) is 0 Å². The van der Waals surface area contributed by atoms with Crippen molar-refractivity contribution >= 4 is 8.93 Å². The highest BCUT2D eigenvalue weighted by Gasteiger charge is 2.12. The monoisotopic (exact) mass is 611 g/mol. The summed E-state index contributed by atoms with van der Waals surface area (Å²) in [5.74, 6) is 0. The van der Waals surface area contributed by atoms with Gasteiger partial charge in [0, 0.05) is 111 Å². The molecule has 0 rings (SSSR count). The first-order chi connectivity index (χ1) is 20.0. The van der Waals surface area contributed by atoms with E-state index in [0.717, 1.165) is 85.0 Å². The fourth-order valence-corrected chi connectivity index (χ4v) is 4.40. The molecule has 0 fully saturated rings. The number of aliphatic hydroxyl groups is 2. The van der Waals surface area contributed by atoms with Crippen LogP contribution in [0.2, 0.25) is 6.04 Å². The van der Waals surface area contributed by atoms with Crippen molar-refractivity contribution in [2.24, 2.45) is 0 Å². The molecule has 0 bridgehead atoms. The van der Waals surface area contributed by atoms with Crippen molar-refractivity contribution in [1.82, 2.24) is 36.4 Å². The Morgan fingerprint density at radius 3 is 1.73 bits per heavy atom. The van der Waals surface area contributed by atoms with Crippen LogP contribution in [0.5, 0.6) is 0 Å². The van der Waals surface area contributed by atoms with Gasteiger partial charge in [-0.3, -0.25) is 9.80 Å². The largest absolute Gasteiger partial charge is 0.537 e. The van der Waals surface area contributed by atoms with Gasteiger partial charge in [-0.05, 0) is 26.9 Å². The molecule has 246 valence electrons. The second kappa shape index (κ2) is 30.8. The van der Waals surface area contributed by atoms with Crippen LogP contribution in [-0.4, -0.2) is 179 Å². The Balaban J connectivity index is 4.45. The van der Waals surface area contributed by atoms with Crippen LogP contribution in [0.4, 0.5) is 0 Å². The third-order valence-electron chi connectivity index (χ3n) is 6.28. The molecule has 2 atom stereocenters. The summed E-state index contributed by atoms with van der Waals surface area (Å²) in [4.78, 5) is 4.87. The predicted molar refractivity (Wildman–Crippen MR) is 163 cm³/mol. The molecule has 2 unspecified atom stereocenters. The van der Waals surface area contributed by atoms with Gasteiger partial charge in [0.15, 0.2) is 0 Å². The summed E-state index contributed by atoms with van der Waals surface area (Å²) in [7, 11) is 1.54. The summed E-state index contributed by atoms with van der Waals surface area (Å²) in [5, 5.41) is 45.1. The average molecular weight is 612 g/mol. The van der Waals surface area contributed by atoms with E-state index in [1.807, 2.05) is 14.1 Å². The van der Waals surface area contributed by atoms with Gasteiger partial charge in [-0.15, -0.1) is 0 Å². The van der Waals surface area contributed by atoms with Gasteiger partial charge >= 0.3 is 8.93 Å². The Hall–Kier alpha value is -0.663. The van der Waals surface area contributed by atoms with Crippen LogP contribution in [-0.2, 0) is 18.5 Å². The van der Waals surface area contributed by atoms with E-state index in [-0.39, 0.29) is 12.7 Å². The molecule has 15 heteroatoms. The van der Waals surface area contributed by atoms with Crippen molar-refractivity contribution in [1.29, 1.82) is 0 Å². The predicted octanol–water partition coefficient (Wildman–Crippen LogP) is -2.24. The Morgan fingerprint density at radius 2 is 1.22 bits per heavy atom. The van der Waals surface area contributed by atoms with Crippen LogP contribution < -0.4 is 26.6 Å². The smallest absolute Gasteiger partial charge is 0.389 e. The minimum absolute atomic E-state index is 0.199. The van der Waals surface area contributed by atoms with Crippen LogP contribution in [0.25, 0.3) is 0 Å². The van der Waals surface area contributed by atoms with E-state index in [1.165, 1.54) is 0 Å². The van der Waals surface area contributed by atoms with E-state index >= 15 is 0 Å². The molecular formula is C26H61N7O7Si. The molecule has 0 aromatic heterocycles. The number of nitrogens with zero attached hydrogens (tertiary/aromatic N) is 2. The van der Waals surface area contributed by atoms with Gasteiger partial charge in [-0.25, -0.2) is 5.26 Å². The van der Waals surface area contributed by atoms with E-state index in [0.29, 0.717) is 39.3 Å². The van der Waals surface area contributed by atoms with Crippen molar-refractivity contribution in [2.45, 2.75) is 38.0 Å². The fraction of sp³-hybridized carbons (Fsp3) is 1.00. The highest BCUT2D eigenvalue weighted by Crippen LogP contribution is 1.96. The van der Waals surface area contributed by atoms with Crippen molar-refractivity contribution in [2.75, 3.05) is 132 Å². The highest BCUT2D eigenvalue weighted by atomic mass is 28.3. The van der Waals surface area contributed by atoms with Crippen LogP contribution in [0.15, 0.2) is 0 Å². The SMILES string of the molecule is CCCOCC(O)CNCCN(CCNC)CCN(CCNCCNC)CCNCC(O)COCCC[Si](=O)OO. The lowest BCUT2D eigenvalue weighted by Gasteiger charge is -2.28. The molecule has 0 aliphatic rings. The molecule has 0 radical (unpaired) electrons. The van der Waals surface area contributed by atoms with Crippen LogP contribution in [0, 0.1) is 0 Å². The summed E-state index contributed by atoms with van der Waals surface area (Å²) in [6.07, 6.45) is 0.342. The Bertz CT molecular complexity index is 576. The van der Waals surface area contributed by atoms with Crippen molar-refractivity contribution in [3.8, 4) is 0 Å². The van der Waals surface area contributed by atoms with E-state index in [2.05, 4.69) is 47.9 Å². The first kappa shape index (κ1) is 40.3. The van der Waals surface area contributed by atoms with Crippen molar-refractivity contribution in [3.63, 3.8) is 0 Å². The maximum Gasteiger partial charge on any atom is 0.537 e. The van der Waals surface area contributed by atoms with Gasteiger partial charge in [0.05, 0.1) is 25.4 Å². The highest BCUT2D eigenvalue weighted by molar-refractivity contribution is 6.34. The number of aliphatic hydroxyl groups excluding tert-OH is 2. The minimum atomic E-state index is -2.38. The minimum Gasteiger partial charge on any atom is -0.389 e. The number of nitrogens with one attached hydrogen (secondary N) is 5. The molecule has 14 nitrogen and oxygen atoms in total. The molecule has 0 aromatic rings. The molecule has 41 heavy (non-hydrogen) atoms. The third kappa shape index (κ3) is 27.9. The molecule has 0 heterocycles. The zero-order chi connectivity index (χ0) is 30.4. The summed E-state index contributed by atoms with van der Waals surface area (Å²) < 4.78 is 25.7. The van der Waals surface area contributed by atoms with Crippen LogP contribution in [0.3, 0.4) is 0 Å². The summed E-state index contributed by atoms with van der Waals surface area (Å²) in [6.45, 7) is 15.3. The second-order valence-electron chi connectivity index (χ2n) is 10.1. The average Bonchev–Trinajstić information content (AvgIpc) is 2.97. The lowest BCUT2D eigenvalue weighted by molar-refractivity contribution is -0.148. The lowest BCUT2D eigenvalue weighted by Crippen LogP contribution is -2.45. The second-order valence-corrected chi connectivity index (χ2v) is 11.5. The molecule has 0 amide bonds. The fourth-order valence-electron chi connectivity index (χ4n) is 3.88. The van der Waals surface area contributed by atoms with Gasteiger partial charge in [-0.1, -0.05) is 6.92 Å². The quantitative estimate of drug-likeness (QED) is 0.0173. The maximum absolute atomic E-state index is 11.1. The van der Waals surface area contributed by atoms with Gasteiger partial charge in [0.2, 0.25) is 0 Å². The zero-order valence-electron chi connectivity index (χ0n) is 25.9. The lowest BCUT2D eigenvalue weighted by atomic mass is 10.3. The Morgan fingerprint density at radius 1 is 0.707 bits per heavy atom. The number of rotatable bonds is 33.